The standard InChI is InChI=1S/C20H20ClN3O3S/c21-13-10-11-17-16(12-13)18(28(26,27)15-8-2-1-3-9-15)19(23-17)24(20(22)25)14-6-4-5-7-14/h1-3,8-12,14,23H,4-7H2,(H2,22,25). The number of anilines is 1. The van der Waals surface area contributed by atoms with E-state index < -0.39 is 15.9 Å². The number of urea groups is 1. The molecule has 0 aliphatic heterocycles. The van der Waals surface area contributed by atoms with Crippen LogP contribution in [0.2, 0.25) is 5.02 Å². The molecule has 3 N–H and O–H groups in total. The number of benzene rings is 2. The lowest BCUT2D eigenvalue weighted by molar-refractivity contribution is 0.251. The van der Waals surface area contributed by atoms with E-state index in [0.717, 1.165) is 25.7 Å². The van der Waals surface area contributed by atoms with Gasteiger partial charge in [-0.1, -0.05) is 42.6 Å². The van der Waals surface area contributed by atoms with Crippen LogP contribution in [0.5, 0.6) is 0 Å². The first-order chi connectivity index (χ1) is 13.4. The zero-order valence-corrected chi connectivity index (χ0v) is 16.6. The third kappa shape index (κ3) is 3.14. The summed E-state index contributed by atoms with van der Waals surface area (Å²) < 4.78 is 27.1. The van der Waals surface area contributed by atoms with E-state index in [0.29, 0.717) is 15.9 Å². The number of primary amides is 1. The molecular weight excluding hydrogens is 398 g/mol. The number of H-pyrrole nitrogens is 1. The maximum absolute atomic E-state index is 13.5. The van der Waals surface area contributed by atoms with Gasteiger partial charge in [0.25, 0.3) is 0 Å². The van der Waals surface area contributed by atoms with Crippen LogP contribution in [0, 0.1) is 0 Å². The van der Waals surface area contributed by atoms with Gasteiger partial charge in [0.2, 0.25) is 9.84 Å². The normalized spacial score (nSPS) is 15.2. The number of halogens is 1. The molecule has 0 radical (unpaired) electrons. The van der Waals surface area contributed by atoms with E-state index in [9.17, 15) is 13.2 Å². The number of aromatic amines is 1. The quantitative estimate of drug-likeness (QED) is 0.654. The van der Waals surface area contributed by atoms with E-state index in [4.69, 9.17) is 17.3 Å². The third-order valence-electron chi connectivity index (χ3n) is 5.18. The first-order valence-electron chi connectivity index (χ1n) is 9.09. The highest BCUT2D eigenvalue weighted by Crippen LogP contribution is 2.40. The molecule has 0 bridgehead atoms. The van der Waals surface area contributed by atoms with Gasteiger partial charge in [0, 0.05) is 22.0 Å². The lowest BCUT2D eigenvalue weighted by Crippen LogP contribution is -2.43. The van der Waals surface area contributed by atoms with Crippen LogP contribution >= 0.6 is 11.6 Å². The fourth-order valence-electron chi connectivity index (χ4n) is 3.92. The second-order valence-corrected chi connectivity index (χ2v) is 9.28. The van der Waals surface area contributed by atoms with Crippen molar-refractivity contribution >= 4 is 44.2 Å². The van der Waals surface area contributed by atoms with E-state index in [2.05, 4.69) is 4.98 Å². The van der Waals surface area contributed by atoms with Crippen LogP contribution in [0.15, 0.2) is 58.3 Å². The van der Waals surface area contributed by atoms with Crippen molar-refractivity contribution in [3.63, 3.8) is 0 Å². The molecule has 4 rings (SSSR count). The summed E-state index contributed by atoms with van der Waals surface area (Å²) in [6.07, 6.45) is 3.51. The smallest absolute Gasteiger partial charge is 0.320 e. The topological polar surface area (TPSA) is 96.3 Å². The number of carbonyl (C=O) groups excluding carboxylic acids is 1. The van der Waals surface area contributed by atoms with Gasteiger partial charge in [-0.05, 0) is 43.2 Å². The van der Waals surface area contributed by atoms with Crippen molar-refractivity contribution < 1.29 is 13.2 Å². The van der Waals surface area contributed by atoms with Crippen LogP contribution in [-0.2, 0) is 9.84 Å². The van der Waals surface area contributed by atoms with E-state index in [1.165, 1.54) is 17.0 Å². The summed E-state index contributed by atoms with van der Waals surface area (Å²) in [6, 6.07) is 12.3. The Bertz CT molecular complexity index is 1140. The second-order valence-electron chi connectivity index (χ2n) is 6.96. The lowest BCUT2D eigenvalue weighted by Gasteiger charge is -2.27. The van der Waals surface area contributed by atoms with Crippen molar-refractivity contribution in [1.82, 2.24) is 4.98 Å². The average Bonchev–Trinajstić information content (AvgIpc) is 3.30. The Morgan fingerprint density at radius 2 is 1.79 bits per heavy atom. The number of rotatable bonds is 4. The van der Waals surface area contributed by atoms with Gasteiger partial charge < -0.3 is 10.7 Å². The minimum atomic E-state index is -3.92. The van der Waals surface area contributed by atoms with Gasteiger partial charge in [0.1, 0.15) is 10.7 Å². The molecule has 146 valence electrons. The maximum atomic E-state index is 13.5. The molecule has 2 aromatic carbocycles. The number of nitrogens with zero attached hydrogens (tertiary/aromatic N) is 1. The van der Waals surface area contributed by atoms with Crippen LogP contribution in [0.1, 0.15) is 25.7 Å². The molecule has 6 nitrogen and oxygen atoms in total. The number of carbonyl (C=O) groups is 1. The Hall–Kier alpha value is -2.51. The van der Waals surface area contributed by atoms with Gasteiger partial charge in [-0.2, -0.15) is 0 Å². The fourth-order valence-corrected chi connectivity index (χ4v) is 5.71. The largest absolute Gasteiger partial charge is 0.351 e. The van der Waals surface area contributed by atoms with Crippen LogP contribution in [0.4, 0.5) is 10.6 Å². The minimum absolute atomic E-state index is 0.0295. The summed E-state index contributed by atoms with van der Waals surface area (Å²) in [5, 5.41) is 0.852. The summed E-state index contributed by atoms with van der Waals surface area (Å²) in [6.45, 7) is 0. The van der Waals surface area contributed by atoms with E-state index in [1.54, 1.807) is 36.4 Å². The maximum Gasteiger partial charge on any atom is 0.320 e. The molecule has 1 aliphatic rings. The predicted octanol–water partition coefficient (Wildman–Crippen LogP) is 4.48. The van der Waals surface area contributed by atoms with Gasteiger partial charge in [-0.15, -0.1) is 0 Å². The van der Waals surface area contributed by atoms with Gasteiger partial charge in [-0.25, -0.2) is 13.2 Å². The number of hydrogen-bond acceptors (Lipinski definition) is 3. The van der Waals surface area contributed by atoms with Crippen molar-refractivity contribution in [2.75, 3.05) is 4.90 Å². The van der Waals surface area contributed by atoms with E-state index >= 15 is 0 Å². The van der Waals surface area contributed by atoms with Crippen molar-refractivity contribution in [2.24, 2.45) is 5.73 Å². The van der Waals surface area contributed by atoms with Gasteiger partial charge in [-0.3, -0.25) is 4.90 Å². The van der Waals surface area contributed by atoms with Crippen LogP contribution in [0.25, 0.3) is 10.9 Å². The van der Waals surface area contributed by atoms with Crippen LogP contribution in [0.3, 0.4) is 0 Å². The molecule has 28 heavy (non-hydrogen) atoms. The SMILES string of the molecule is NC(=O)N(c1[nH]c2ccc(Cl)cc2c1S(=O)(=O)c1ccccc1)C1CCCC1. The molecule has 3 aromatic rings. The summed E-state index contributed by atoms with van der Waals surface area (Å²) in [4.78, 5) is 17.0. The van der Waals surface area contributed by atoms with E-state index in [-0.39, 0.29) is 21.7 Å². The number of nitrogens with one attached hydrogen (secondary N) is 1. The van der Waals surface area contributed by atoms with Crippen LogP contribution < -0.4 is 10.6 Å². The molecule has 1 aliphatic carbocycles. The first-order valence-corrected chi connectivity index (χ1v) is 11.0. The van der Waals surface area contributed by atoms with Crippen LogP contribution in [-0.4, -0.2) is 25.5 Å². The van der Waals surface area contributed by atoms with Gasteiger partial charge in [0.15, 0.2) is 0 Å². The molecule has 0 saturated heterocycles. The molecule has 1 saturated carbocycles. The summed E-state index contributed by atoms with van der Waals surface area (Å²) in [7, 11) is -3.92. The zero-order valence-electron chi connectivity index (χ0n) is 15.1. The highest BCUT2D eigenvalue weighted by Gasteiger charge is 2.35. The minimum Gasteiger partial charge on any atom is -0.351 e. The zero-order chi connectivity index (χ0) is 19.9. The molecule has 1 fully saturated rings. The molecule has 1 heterocycles. The highest BCUT2D eigenvalue weighted by molar-refractivity contribution is 7.92. The molecule has 1 aromatic heterocycles. The fraction of sp³-hybridized carbons (Fsp3) is 0.250. The van der Waals surface area contributed by atoms with Crippen molar-refractivity contribution in [3.8, 4) is 0 Å². The number of sulfone groups is 1. The average molecular weight is 418 g/mol. The molecule has 0 unspecified atom stereocenters. The monoisotopic (exact) mass is 417 g/mol. The first kappa shape index (κ1) is 18.8. The number of nitrogens with two attached hydrogens (primary N) is 1. The third-order valence-corrected chi connectivity index (χ3v) is 7.26. The summed E-state index contributed by atoms with van der Waals surface area (Å²) in [5.41, 5.74) is 6.28. The van der Waals surface area contributed by atoms with Crippen molar-refractivity contribution in [3.05, 3.63) is 53.6 Å². The molecule has 8 heteroatoms. The number of fused-ring (bicyclic) bond motifs is 1. The highest BCUT2D eigenvalue weighted by atomic mass is 35.5. The van der Waals surface area contributed by atoms with Crippen molar-refractivity contribution in [1.29, 1.82) is 0 Å². The molecular formula is C20H20ClN3O3S. The van der Waals surface area contributed by atoms with Gasteiger partial charge in [0.05, 0.1) is 4.90 Å². The Morgan fingerprint density at radius 1 is 1.11 bits per heavy atom. The Labute approximate surface area is 168 Å². The Balaban J connectivity index is 2.02. The summed E-state index contributed by atoms with van der Waals surface area (Å²) >= 11 is 6.15. The number of amides is 2. The van der Waals surface area contributed by atoms with Crippen molar-refractivity contribution in [2.45, 2.75) is 41.5 Å². The Kier molecular flexibility index (Phi) is 4.81. The number of hydrogen-bond donors (Lipinski definition) is 2. The summed E-state index contributed by atoms with van der Waals surface area (Å²) in [5.74, 6) is 0.209. The molecule has 2 amide bonds. The lowest BCUT2D eigenvalue weighted by atomic mass is 10.2. The predicted molar refractivity (Wildman–Crippen MR) is 110 cm³/mol. The second kappa shape index (κ2) is 7.14. The molecule has 0 atom stereocenters. The Morgan fingerprint density at radius 3 is 2.43 bits per heavy atom. The van der Waals surface area contributed by atoms with Gasteiger partial charge >= 0.3 is 6.03 Å². The molecule has 0 spiro atoms. The van der Waals surface area contributed by atoms with E-state index in [1.807, 2.05) is 0 Å². The number of aromatic nitrogens is 1.